The lowest BCUT2D eigenvalue weighted by molar-refractivity contribution is 0.419. The summed E-state index contributed by atoms with van der Waals surface area (Å²) < 4.78 is 0.969. The number of nitrogens with zero attached hydrogens (tertiary/aromatic N) is 1. The average Bonchev–Trinajstić information content (AvgIpc) is 2.14. The predicted molar refractivity (Wildman–Crippen MR) is 77.9 cm³/mol. The molecule has 0 unspecified atom stereocenters. The molecule has 0 aliphatic carbocycles. The number of hydrogen-bond donors (Lipinski definition) is 2. The van der Waals surface area contributed by atoms with Gasteiger partial charge < -0.3 is 10.6 Å². The van der Waals surface area contributed by atoms with Crippen LogP contribution in [0.1, 0.15) is 26.3 Å². The number of nitrogens with two attached hydrogens (primary N) is 1. The standard InChI is InChI=1S/C13H20BrN3/c1-13(2,3)8-17(4)11-6-5-9(12(15)16)7-10(11)14/h5-7H,8H2,1-4H3,(H3,15,16). The first-order chi connectivity index (χ1) is 7.70. The van der Waals surface area contributed by atoms with Crippen molar-refractivity contribution in [1.82, 2.24) is 0 Å². The van der Waals surface area contributed by atoms with Gasteiger partial charge in [0.2, 0.25) is 0 Å². The zero-order valence-electron chi connectivity index (χ0n) is 10.8. The molecule has 17 heavy (non-hydrogen) atoms. The molecule has 1 aromatic rings. The molecule has 0 aliphatic heterocycles. The van der Waals surface area contributed by atoms with Gasteiger partial charge in [0, 0.05) is 23.6 Å². The fourth-order valence-corrected chi connectivity index (χ4v) is 2.46. The van der Waals surface area contributed by atoms with Crippen LogP contribution >= 0.6 is 15.9 Å². The van der Waals surface area contributed by atoms with Crippen molar-refractivity contribution in [1.29, 1.82) is 5.41 Å². The van der Waals surface area contributed by atoms with Gasteiger partial charge in [0.15, 0.2) is 0 Å². The Morgan fingerprint density at radius 2 is 2.00 bits per heavy atom. The summed E-state index contributed by atoms with van der Waals surface area (Å²) >= 11 is 3.53. The Labute approximate surface area is 112 Å². The highest BCUT2D eigenvalue weighted by Crippen LogP contribution is 2.28. The number of nitrogens with one attached hydrogen (secondary N) is 1. The quantitative estimate of drug-likeness (QED) is 0.665. The Hall–Kier alpha value is -1.03. The Bertz CT molecular complexity index is 421. The van der Waals surface area contributed by atoms with Gasteiger partial charge in [0.25, 0.3) is 0 Å². The third-order valence-corrected chi connectivity index (χ3v) is 3.02. The van der Waals surface area contributed by atoms with Crippen LogP contribution in [0, 0.1) is 10.8 Å². The van der Waals surface area contributed by atoms with Crippen LogP contribution in [0.25, 0.3) is 0 Å². The smallest absolute Gasteiger partial charge is 0.122 e. The van der Waals surface area contributed by atoms with E-state index in [0.29, 0.717) is 0 Å². The predicted octanol–water partition coefficient (Wildman–Crippen LogP) is 3.22. The van der Waals surface area contributed by atoms with Crippen molar-refractivity contribution in [3.05, 3.63) is 28.2 Å². The van der Waals surface area contributed by atoms with Crippen molar-refractivity contribution in [2.75, 3.05) is 18.5 Å². The van der Waals surface area contributed by atoms with Crippen molar-refractivity contribution in [2.24, 2.45) is 11.1 Å². The van der Waals surface area contributed by atoms with E-state index >= 15 is 0 Å². The summed E-state index contributed by atoms with van der Waals surface area (Å²) in [7, 11) is 2.07. The van der Waals surface area contributed by atoms with Crippen molar-refractivity contribution < 1.29 is 0 Å². The molecular weight excluding hydrogens is 278 g/mol. The lowest BCUT2D eigenvalue weighted by Crippen LogP contribution is -2.29. The molecular formula is C13H20BrN3. The molecule has 1 rings (SSSR count). The van der Waals surface area contributed by atoms with Gasteiger partial charge in [-0.15, -0.1) is 0 Å². The summed E-state index contributed by atoms with van der Waals surface area (Å²) in [5, 5.41) is 7.40. The third kappa shape index (κ3) is 4.04. The van der Waals surface area contributed by atoms with Crippen LogP contribution in [0.2, 0.25) is 0 Å². The molecule has 0 saturated carbocycles. The average molecular weight is 298 g/mol. The third-order valence-electron chi connectivity index (χ3n) is 2.38. The van der Waals surface area contributed by atoms with Gasteiger partial charge in [-0.1, -0.05) is 20.8 Å². The molecule has 0 bridgehead atoms. The fraction of sp³-hybridized carbons (Fsp3) is 0.462. The molecule has 0 radical (unpaired) electrons. The highest BCUT2D eigenvalue weighted by Gasteiger charge is 2.15. The number of halogens is 1. The zero-order chi connectivity index (χ0) is 13.2. The topological polar surface area (TPSA) is 53.1 Å². The molecule has 0 heterocycles. The van der Waals surface area contributed by atoms with Gasteiger partial charge in [0.1, 0.15) is 5.84 Å². The van der Waals surface area contributed by atoms with Gasteiger partial charge in [-0.05, 0) is 39.5 Å². The first-order valence-electron chi connectivity index (χ1n) is 5.56. The summed E-state index contributed by atoms with van der Waals surface area (Å²) in [6.07, 6.45) is 0. The molecule has 94 valence electrons. The minimum absolute atomic E-state index is 0.0933. The minimum Gasteiger partial charge on any atom is -0.384 e. The van der Waals surface area contributed by atoms with Crippen LogP contribution in [0.15, 0.2) is 22.7 Å². The van der Waals surface area contributed by atoms with Crippen molar-refractivity contribution in [2.45, 2.75) is 20.8 Å². The van der Waals surface area contributed by atoms with Crippen LogP contribution in [0.5, 0.6) is 0 Å². The van der Waals surface area contributed by atoms with Crippen LogP contribution in [0.4, 0.5) is 5.69 Å². The maximum Gasteiger partial charge on any atom is 0.122 e. The van der Waals surface area contributed by atoms with Crippen molar-refractivity contribution in [3.8, 4) is 0 Å². The van der Waals surface area contributed by atoms with Gasteiger partial charge in [0.05, 0.1) is 5.69 Å². The second kappa shape index (κ2) is 5.08. The summed E-state index contributed by atoms with van der Waals surface area (Å²) in [6.45, 7) is 7.59. The van der Waals surface area contributed by atoms with E-state index in [0.717, 1.165) is 22.3 Å². The van der Waals surface area contributed by atoms with Crippen molar-refractivity contribution in [3.63, 3.8) is 0 Å². The first-order valence-corrected chi connectivity index (χ1v) is 6.35. The Morgan fingerprint density at radius 1 is 1.41 bits per heavy atom. The van der Waals surface area contributed by atoms with E-state index in [-0.39, 0.29) is 11.3 Å². The van der Waals surface area contributed by atoms with Crippen molar-refractivity contribution >= 4 is 27.5 Å². The SMILES string of the molecule is CN(CC(C)(C)C)c1ccc(C(=N)N)cc1Br. The van der Waals surface area contributed by atoms with Gasteiger partial charge >= 0.3 is 0 Å². The Balaban J connectivity index is 2.96. The minimum atomic E-state index is 0.0933. The van der Waals surface area contributed by atoms with E-state index in [9.17, 15) is 0 Å². The van der Waals surface area contributed by atoms with Crippen LogP contribution in [-0.4, -0.2) is 19.4 Å². The molecule has 0 amide bonds. The van der Waals surface area contributed by atoms with E-state index < -0.39 is 0 Å². The largest absolute Gasteiger partial charge is 0.384 e. The van der Waals surface area contributed by atoms with E-state index in [1.807, 2.05) is 18.2 Å². The molecule has 1 aromatic carbocycles. The molecule has 3 nitrogen and oxygen atoms in total. The molecule has 0 aromatic heterocycles. The molecule has 0 atom stereocenters. The maximum atomic E-state index is 7.40. The van der Waals surface area contributed by atoms with Crippen LogP contribution in [0.3, 0.4) is 0 Å². The number of anilines is 1. The summed E-state index contributed by atoms with van der Waals surface area (Å²) in [5.74, 6) is 0.0933. The molecule has 3 N–H and O–H groups in total. The second-order valence-electron chi connectivity index (χ2n) is 5.50. The number of hydrogen-bond acceptors (Lipinski definition) is 2. The Kier molecular flexibility index (Phi) is 4.20. The monoisotopic (exact) mass is 297 g/mol. The van der Waals surface area contributed by atoms with Crippen LogP contribution in [-0.2, 0) is 0 Å². The van der Waals surface area contributed by atoms with E-state index in [2.05, 4.69) is 48.6 Å². The summed E-state index contributed by atoms with van der Waals surface area (Å²) in [6, 6.07) is 5.75. The van der Waals surface area contributed by atoms with E-state index in [1.165, 1.54) is 0 Å². The summed E-state index contributed by atoms with van der Waals surface area (Å²) in [5.41, 5.74) is 7.56. The van der Waals surface area contributed by atoms with Crippen LogP contribution < -0.4 is 10.6 Å². The number of rotatable bonds is 3. The number of nitrogen functional groups attached to an aromatic ring is 1. The highest BCUT2D eigenvalue weighted by atomic mass is 79.9. The van der Waals surface area contributed by atoms with E-state index in [1.54, 1.807) is 0 Å². The van der Waals surface area contributed by atoms with Gasteiger partial charge in [-0.2, -0.15) is 0 Å². The van der Waals surface area contributed by atoms with Gasteiger partial charge in [-0.25, -0.2) is 0 Å². The Morgan fingerprint density at radius 3 is 2.41 bits per heavy atom. The highest BCUT2D eigenvalue weighted by molar-refractivity contribution is 9.10. The normalized spacial score (nSPS) is 11.4. The fourth-order valence-electron chi connectivity index (χ4n) is 1.78. The van der Waals surface area contributed by atoms with E-state index in [4.69, 9.17) is 11.1 Å². The molecule has 0 fully saturated rings. The lowest BCUT2D eigenvalue weighted by Gasteiger charge is -2.29. The van der Waals surface area contributed by atoms with Gasteiger partial charge in [-0.3, -0.25) is 5.41 Å². The number of amidine groups is 1. The maximum absolute atomic E-state index is 7.40. The first kappa shape index (κ1) is 14.0. The lowest BCUT2D eigenvalue weighted by atomic mass is 9.96. The molecule has 0 saturated heterocycles. The second-order valence-corrected chi connectivity index (χ2v) is 6.35. The zero-order valence-corrected chi connectivity index (χ0v) is 12.4. The molecule has 4 heteroatoms. The molecule has 0 aliphatic rings. The number of benzene rings is 1. The summed E-state index contributed by atoms with van der Waals surface area (Å²) in [4.78, 5) is 2.20. The molecule has 0 spiro atoms.